The number of fused-ring (bicyclic) bond motifs is 1. The van der Waals surface area contributed by atoms with Crippen molar-refractivity contribution in [1.82, 2.24) is 0 Å². The Morgan fingerprint density at radius 1 is 1.14 bits per heavy atom. The fourth-order valence-corrected chi connectivity index (χ4v) is 4.17. The van der Waals surface area contributed by atoms with Crippen molar-refractivity contribution < 1.29 is 24.2 Å². The number of aliphatic hydroxyl groups is 1. The van der Waals surface area contributed by atoms with Crippen molar-refractivity contribution in [3.05, 3.63) is 47.5 Å². The van der Waals surface area contributed by atoms with Gasteiger partial charge in [-0.25, -0.2) is 9.59 Å². The van der Waals surface area contributed by atoms with E-state index in [-0.39, 0.29) is 30.3 Å². The van der Waals surface area contributed by atoms with E-state index in [9.17, 15) is 14.7 Å². The van der Waals surface area contributed by atoms with Gasteiger partial charge in [0.15, 0.2) is 0 Å². The summed E-state index contributed by atoms with van der Waals surface area (Å²) < 4.78 is 8.29. The number of ether oxygens (including phenoxy) is 2. The van der Waals surface area contributed by atoms with Crippen molar-refractivity contribution in [1.29, 1.82) is 0 Å². The van der Waals surface area contributed by atoms with E-state index < -0.39 is 15.9 Å². The molecule has 0 unspecified atom stereocenters. The van der Waals surface area contributed by atoms with E-state index >= 15 is 0 Å². The highest BCUT2D eigenvalue weighted by molar-refractivity contribution is 6.75. The van der Waals surface area contributed by atoms with Gasteiger partial charge in [-0.15, -0.1) is 0 Å². The number of hydrogen-bond donors (Lipinski definition) is 1. The molecule has 152 valence electrons. The molecular weight excluding hydrogens is 427 g/mol. The average molecular weight is 448 g/mol. The molecule has 1 N–H and O–H groups in total. The fraction of sp³-hybridized carbons (Fsp3) is 0.500. The fourth-order valence-electron chi connectivity index (χ4n) is 4.01. The van der Waals surface area contributed by atoms with Crippen LogP contribution in [0.5, 0.6) is 0 Å². The van der Waals surface area contributed by atoms with Crippen LogP contribution < -0.4 is 0 Å². The lowest BCUT2D eigenvalue weighted by Gasteiger charge is -2.22. The Morgan fingerprint density at radius 3 is 2.54 bits per heavy atom. The highest BCUT2D eigenvalue weighted by Gasteiger charge is 2.45. The first-order valence-electron chi connectivity index (χ1n) is 9.09. The minimum Gasteiger partial charge on any atom is -0.462 e. The van der Waals surface area contributed by atoms with Crippen LogP contribution in [0.4, 0.5) is 0 Å². The zero-order valence-corrected chi connectivity index (χ0v) is 17.3. The van der Waals surface area contributed by atoms with Gasteiger partial charge >= 0.3 is 11.9 Å². The van der Waals surface area contributed by atoms with Crippen LogP contribution in [-0.2, 0) is 14.3 Å². The van der Waals surface area contributed by atoms with Crippen LogP contribution >= 0.6 is 34.8 Å². The number of aliphatic hydroxyl groups excluding tert-OH is 1. The van der Waals surface area contributed by atoms with Gasteiger partial charge in [0.1, 0.15) is 0 Å². The molecule has 28 heavy (non-hydrogen) atoms. The van der Waals surface area contributed by atoms with Crippen molar-refractivity contribution in [2.75, 3.05) is 13.2 Å². The number of esters is 2. The van der Waals surface area contributed by atoms with Gasteiger partial charge < -0.3 is 14.6 Å². The maximum atomic E-state index is 12.0. The van der Waals surface area contributed by atoms with Crippen LogP contribution in [0.15, 0.2) is 42.0 Å². The summed E-state index contributed by atoms with van der Waals surface area (Å²) in [4.78, 5) is 23.6. The van der Waals surface area contributed by atoms with Gasteiger partial charge in [-0.2, -0.15) is 0 Å². The van der Waals surface area contributed by atoms with E-state index in [1.54, 1.807) is 24.3 Å². The smallest absolute Gasteiger partial charge is 0.358 e. The second-order valence-corrected chi connectivity index (χ2v) is 9.45. The Kier molecular flexibility index (Phi) is 6.92. The third-order valence-corrected chi connectivity index (χ3v) is 5.82. The van der Waals surface area contributed by atoms with Crippen molar-refractivity contribution in [3.63, 3.8) is 0 Å². The molecule has 1 saturated carbocycles. The summed E-state index contributed by atoms with van der Waals surface area (Å²) in [5, 5.41) is 10.3. The Hall–Kier alpha value is -1.27. The van der Waals surface area contributed by atoms with Crippen molar-refractivity contribution in [2.45, 2.75) is 29.2 Å². The molecule has 4 atom stereocenters. The summed E-state index contributed by atoms with van der Waals surface area (Å²) in [5.41, 5.74) is 1.71. The van der Waals surface area contributed by atoms with E-state index in [4.69, 9.17) is 44.3 Å². The van der Waals surface area contributed by atoms with E-state index in [0.717, 1.165) is 6.42 Å². The molecule has 1 fully saturated rings. The third-order valence-electron chi connectivity index (χ3n) is 5.36. The van der Waals surface area contributed by atoms with Crippen molar-refractivity contribution in [3.8, 4) is 0 Å². The lowest BCUT2D eigenvalue weighted by atomic mass is 9.90. The number of hydrogen-bond acceptors (Lipinski definition) is 5. The Balaban J connectivity index is 1.47. The molecule has 8 heteroatoms. The van der Waals surface area contributed by atoms with Gasteiger partial charge in [-0.3, -0.25) is 0 Å². The lowest BCUT2D eigenvalue weighted by Crippen LogP contribution is -2.30. The molecule has 1 aromatic carbocycles. The minimum atomic E-state index is -2.12. The molecule has 2 aliphatic carbocycles. The Bertz CT molecular complexity index is 744. The number of halogens is 3. The van der Waals surface area contributed by atoms with Crippen LogP contribution in [0.2, 0.25) is 0 Å². The molecule has 0 heterocycles. The molecule has 0 radical (unpaired) electrons. The second kappa shape index (κ2) is 9.04. The van der Waals surface area contributed by atoms with E-state index in [1.165, 1.54) is 5.57 Å². The molecule has 0 saturated heterocycles. The van der Waals surface area contributed by atoms with E-state index in [1.807, 2.05) is 6.07 Å². The van der Waals surface area contributed by atoms with Gasteiger partial charge in [0.2, 0.25) is 0 Å². The number of carbonyl (C=O) groups is 2. The van der Waals surface area contributed by atoms with Gasteiger partial charge in [-0.1, -0.05) is 64.7 Å². The number of rotatable bonds is 6. The third kappa shape index (κ3) is 5.20. The number of allylic oxidation sites excluding steroid dienone is 1. The first-order valence-corrected chi connectivity index (χ1v) is 10.2. The molecule has 0 amide bonds. The Morgan fingerprint density at radius 2 is 1.86 bits per heavy atom. The SMILES string of the molecule is O=C(OCCC1=C[C@@H]2C[C@H](O)[C@@H](COC(=O)C(Cl)(Cl)Cl)[C@@H]2C1)c1ccccc1. The second-order valence-electron chi connectivity index (χ2n) is 7.17. The van der Waals surface area contributed by atoms with Gasteiger partial charge in [-0.05, 0) is 36.8 Å². The predicted molar refractivity (Wildman–Crippen MR) is 106 cm³/mol. The van der Waals surface area contributed by atoms with Crippen molar-refractivity contribution >= 4 is 46.7 Å². The summed E-state index contributed by atoms with van der Waals surface area (Å²) in [5.74, 6) is -1.11. The summed E-state index contributed by atoms with van der Waals surface area (Å²) in [6, 6.07) is 8.85. The molecule has 1 aromatic rings. The van der Waals surface area contributed by atoms with Crippen molar-refractivity contribution in [2.24, 2.45) is 17.8 Å². The van der Waals surface area contributed by atoms with Gasteiger partial charge in [0.25, 0.3) is 3.79 Å². The van der Waals surface area contributed by atoms with Gasteiger partial charge in [0.05, 0.1) is 24.9 Å². The van der Waals surface area contributed by atoms with Crippen LogP contribution in [0.1, 0.15) is 29.6 Å². The molecule has 0 bridgehead atoms. The van der Waals surface area contributed by atoms with E-state index in [2.05, 4.69) is 6.08 Å². The van der Waals surface area contributed by atoms with Crippen LogP contribution in [-0.4, -0.2) is 40.2 Å². The largest absolute Gasteiger partial charge is 0.462 e. The quantitative estimate of drug-likeness (QED) is 0.404. The summed E-state index contributed by atoms with van der Waals surface area (Å²) in [7, 11) is 0. The molecule has 3 rings (SSSR count). The molecule has 5 nitrogen and oxygen atoms in total. The number of benzene rings is 1. The van der Waals surface area contributed by atoms with Gasteiger partial charge in [0, 0.05) is 12.3 Å². The maximum Gasteiger partial charge on any atom is 0.358 e. The van der Waals surface area contributed by atoms with Crippen LogP contribution in [0.3, 0.4) is 0 Å². The zero-order valence-electron chi connectivity index (χ0n) is 15.0. The standard InChI is InChI=1S/C20H21Cl3O5/c21-20(22,23)19(26)28-11-16-15-9-12(8-14(15)10-17(16)24)6-7-27-18(25)13-4-2-1-3-5-13/h1-5,8,14-17,24H,6-7,9-11H2/t14-,15-,16+,17+/m1/s1. The summed E-state index contributed by atoms with van der Waals surface area (Å²) in [6.45, 7) is 0.313. The topological polar surface area (TPSA) is 72.8 Å². The summed E-state index contributed by atoms with van der Waals surface area (Å²) in [6.07, 6.45) is 3.59. The highest BCUT2D eigenvalue weighted by Crippen LogP contribution is 2.47. The Labute approximate surface area is 178 Å². The van der Waals surface area contributed by atoms with Crippen LogP contribution in [0, 0.1) is 17.8 Å². The first kappa shape index (κ1) is 21.4. The van der Waals surface area contributed by atoms with E-state index in [0.29, 0.717) is 25.0 Å². The molecule has 0 aromatic heterocycles. The maximum absolute atomic E-state index is 12.0. The molecule has 0 spiro atoms. The normalized spacial score (nSPS) is 26.5. The molecule has 0 aliphatic heterocycles. The first-order chi connectivity index (χ1) is 13.3. The average Bonchev–Trinajstić information content (AvgIpc) is 3.16. The molecule has 2 aliphatic rings. The zero-order chi connectivity index (χ0) is 20.3. The lowest BCUT2D eigenvalue weighted by molar-refractivity contribution is -0.145. The number of carbonyl (C=O) groups excluding carboxylic acids is 2. The van der Waals surface area contributed by atoms with Crippen LogP contribution in [0.25, 0.3) is 0 Å². The number of alkyl halides is 3. The molecular formula is C20H21Cl3O5. The summed E-state index contributed by atoms with van der Waals surface area (Å²) >= 11 is 16.5. The minimum absolute atomic E-state index is 0.0131. The monoisotopic (exact) mass is 446 g/mol. The highest BCUT2D eigenvalue weighted by atomic mass is 35.6. The predicted octanol–water partition coefficient (Wildman–Crippen LogP) is 4.09.